The van der Waals surface area contributed by atoms with Crippen molar-refractivity contribution in [2.75, 3.05) is 18.8 Å². The van der Waals surface area contributed by atoms with Crippen LogP contribution < -0.4 is 0 Å². The summed E-state index contributed by atoms with van der Waals surface area (Å²) in [4.78, 5) is 14.3. The number of nitrogens with zero attached hydrogens (tertiary/aromatic N) is 4. The average Bonchev–Trinajstić information content (AvgIpc) is 2.96. The normalized spacial score (nSPS) is 17.9. The molecule has 1 amide bonds. The molecule has 6 heteroatoms. The summed E-state index contributed by atoms with van der Waals surface area (Å²) < 4.78 is 1.99. The van der Waals surface area contributed by atoms with E-state index in [-0.39, 0.29) is 5.91 Å². The molecule has 5 nitrogen and oxygen atoms in total. The first-order valence-corrected chi connectivity index (χ1v) is 9.49. The second kappa shape index (κ2) is 7.83. The molecule has 0 bridgehead atoms. The molecule has 128 valence electrons. The maximum Gasteiger partial charge on any atom is 0.223 e. The van der Waals surface area contributed by atoms with E-state index in [2.05, 4.69) is 17.1 Å². The van der Waals surface area contributed by atoms with Crippen molar-refractivity contribution in [3.05, 3.63) is 30.3 Å². The summed E-state index contributed by atoms with van der Waals surface area (Å²) in [5.41, 5.74) is 1.05. The Hall–Kier alpha value is -1.82. The van der Waals surface area contributed by atoms with E-state index in [1.165, 1.54) is 6.42 Å². The van der Waals surface area contributed by atoms with Crippen molar-refractivity contribution in [3.63, 3.8) is 0 Å². The van der Waals surface area contributed by atoms with Gasteiger partial charge in [-0.3, -0.25) is 4.79 Å². The Morgan fingerprint density at radius 1 is 1.29 bits per heavy atom. The molecule has 3 rings (SSSR count). The molecule has 1 aliphatic heterocycles. The predicted octanol–water partition coefficient (Wildman–Crippen LogP) is 3.22. The van der Waals surface area contributed by atoms with E-state index < -0.39 is 0 Å². The first kappa shape index (κ1) is 17.0. The largest absolute Gasteiger partial charge is 0.342 e. The van der Waals surface area contributed by atoms with Gasteiger partial charge in [-0.2, -0.15) is 0 Å². The Morgan fingerprint density at radius 3 is 2.83 bits per heavy atom. The van der Waals surface area contributed by atoms with Crippen molar-refractivity contribution in [1.82, 2.24) is 19.7 Å². The first-order chi connectivity index (χ1) is 11.6. The summed E-state index contributed by atoms with van der Waals surface area (Å²) in [6.45, 7) is 4.04. The lowest BCUT2D eigenvalue weighted by Gasteiger charge is -2.30. The SMILES string of the molecule is CC1CCCN(C(=O)CCSc2nnc(-c3ccccc3)n2C)C1. The zero-order valence-electron chi connectivity index (χ0n) is 14.3. The molecule has 0 N–H and O–H groups in total. The lowest BCUT2D eigenvalue weighted by molar-refractivity contribution is -0.132. The number of hydrogen-bond donors (Lipinski definition) is 0. The highest BCUT2D eigenvalue weighted by Crippen LogP contribution is 2.23. The third-order valence-electron chi connectivity index (χ3n) is 4.42. The van der Waals surface area contributed by atoms with Crippen LogP contribution in [0.4, 0.5) is 0 Å². The number of amides is 1. The molecule has 1 unspecified atom stereocenters. The van der Waals surface area contributed by atoms with E-state index in [0.717, 1.165) is 41.8 Å². The third kappa shape index (κ3) is 3.98. The molecule has 2 heterocycles. The van der Waals surface area contributed by atoms with Crippen molar-refractivity contribution >= 4 is 17.7 Å². The fraction of sp³-hybridized carbons (Fsp3) is 0.500. The van der Waals surface area contributed by atoms with E-state index in [0.29, 0.717) is 12.3 Å². The zero-order valence-corrected chi connectivity index (χ0v) is 15.1. The maximum atomic E-state index is 12.3. The van der Waals surface area contributed by atoms with E-state index in [1.807, 2.05) is 46.8 Å². The summed E-state index contributed by atoms with van der Waals surface area (Å²) in [5.74, 6) is 2.49. The topological polar surface area (TPSA) is 51.0 Å². The van der Waals surface area contributed by atoms with Crippen LogP contribution in [0.25, 0.3) is 11.4 Å². The molecule has 1 atom stereocenters. The van der Waals surface area contributed by atoms with Gasteiger partial charge in [0.1, 0.15) is 0 Å². The van der Waals surface area contributed by atoms with Gasteiger partial charge >= 0.3 is 0 Å². The molecular weight excluding hydrogens is 320 g/mol. The molecule has 1 aliphatic rings. The van der Waals surface area contributed by atoms with Gasteiger partial charge in [0.15, 0.2) is 11.0 Å². The summed E-state index contributed by atoms with van der Waals surface area (Å²) in [6, 6.07) is 10.0. The number of benzene rings is 1. The number of rotatable bonds is 5. The van der Waals surface area contributed by atoms with Gasteiger partial charge in [0.2, 0.25) is 5.91 Å². The van der Waals surface area contributed by atoms with Crippen LogP contribution in [-0.4, -0.2) is 44.4 Å². The van der Waals surface area contributed by atoms with Crippen LogP contribution in [0.1, 0.15) is 26.2 Å². The highest BCUT2D eigenvalue weighted by atomic mass is 32.2. The molecule has 1 fully saturated rings. The van der Waals surface area contributed by atoms with E-state index in [4.69, 9.17) is 0 Å². The number of carbonyl (C=O) groups excluding carboxylic acids is 1. The Kier molecular flexibility index (Phi) is 5.56. The van der Waals surface area contributed by atoms with Gasteiger partial charge in [0, 0.05) is 37.9 Å². The fourth-order valence-corrected chi connectivity index (χ4v) is 3.92. The van der Waals surface area contributed by atoms with Crippen LogP contribution in [0, 0.1) is 5.92 Å². The van der Waals surface area contributed by atoms with Crippen LogP contribution >= 0.6 is 11.8 Å². The molecule has 1 aromatic carbocycles. The summed E-state index contributed by atoms with van der Waals surface area (Å²) in [6.07, 6.45) is 2.93. The van der Waals surface area contributed by atoms with Crippen molar-refractivity contribution in [1.29, 1.82) is 0 Å². The lowest BCUT2D eigenvalue weighted by Crippen LogP contribution is -2.39. The number of likely N-dealkylation sites (tertiary alicyclic amines) is 1. The molecule has 0 aliphatic carbocycles. The minimum atomic E-state index is 0.263. The highest BCUT2D eigenvalue weighted by molar-refractivity contribution is 7.99. The molecule has 1 aromatic heterocycles. The lowest BCUT2D eigenvalue weighted by atomic mass is 10.0. The Balaban J connectivity index is 1.54. The van der Waals surface area contributed by atoms with Crippen molar-refractivity contribution < 1.29 is 4.79 Å². The number of piperidine rings is 1. The number of aromatic nitrogens is 3. The number of hydrogen-bond acceptors (Lipinski definition) is 4. The van der Waals surface area contributed by atoms with Crippen molar-refractivity contribution in [2.45, 2.75) is 31.3 Å². The standard InChI is InChI=1S/C18H24N4OS/c1-14-7-6-11-22(13-14)16(23)10-12-24-18-20-19-17(21(18)2)15-8-4-3-5-9-15/h3-5,8-9,14H,6-7,10-13H2,1-2H3. The van der Waals surface area contributed by atoms with E-state index in [1.54, 1.807) is 11.8 Å². The monoisotopic (exact) mass is 344 g/mol. The maximum absolute atomic E-state index is 12.3. The predicted molar refractivity (Wildman–Crippen MR) is 96.8 cm³/mol. The van der Waals surface area contributed by atoms with E-state index in [9.17, 15) is 4.79 Å². The molecule has 2 aromatic rings. The van der Waals surface area contributed by atoms with Crippen molar-refractivity contribution in [2.24, 2.45) is 13.0 Å². The van der Waals surface area contributed by atoms with Crippen LogP contribution in [0.15, 0.2) is 35.5 Å². The summed E-state index contributed by atoms with van der Waals surface area (Å²) in [7, 11) is 1.97. The van der Waals surface area contributed by atoms with Gasteiger partial charge < -0.3 is 9.47 Å². The Morgan fingerprint density at radius 2 is 2.08 bits per heavy atom. The molecule has 24 heavy (non-hydrogen) atoms. The minimum absolute atomic E-state index is 0.263. The van der Waals surface area contributed by atoms with Crippen LogP contribution in [-0.2, 0) is 11.8 Å². The zero-order chi connectivity index (χ0) is 16.9. The third-order valence-corrected chi connectivity index (χ3v) is 5.45. The van der Waals surface area contributed by atoms with Crippen LogP contribution in [0.5, 0.6) is 0 Å². The highest BCUT2D eigenvalue weighted by Gasteiger charge is 2.20. The molecule has 0 radical (unpaired) electrons. The molecule has 1 saturated heterocycles. The van der Waals surface area contributed by atoms with Gasteiger partial charge in [0.05, 0.1) is 0 Å². The Labute approximate surface area is 147 Å². The first-order valence-electron chi connectivity index (χ1n) is 8.50. The van der Waals surface area contributed by atoms with Gasteiger partial charge in [-0.1, -0.05) is 49.0 Å². The second-order valence-electron chi connectivity index (χ2n) is 6.42. The molecule has 0 spiro atoms. The smallest absolute Gasteiger partial charge is 0.223 e. The van der Waals surface area contributed by atoms with Crippen LogP contribution in [0.3, 0.4) is 0 Å². The summed E-state index contributed by atoms with van der Waals surface area (Å²) in [5, 5.41) is 9.40. The Bertz CT molecular complexity index is 686. The number of thioether (sulfide) groups is 1. The van der Waals surface area contributed by atoms with Gasteiger partial charge in [0.25, 0.3) is 0 Å². The van der Waals surface area contributed by atoms with E-state index >= 15 is 0 Å². The minimum Gasteiger partial charge on any atom is -0.342 e. The average molecular weight is 344 g/mol. The summed E-state index contributed by atoms with van der Waals surface area (Å²) >= 11 is 1.60. The van der Waals surface area contributed by atoms with Gasteiger partial charge in [-0.25, -0.2) is 0 Å². The van der Waals surface area contributed by atoms with Crippen molar-refractivity contribution in [3.8, 4) is 11.4 Å². The second-order valence-corrected chi connectivity index (χ2v) is 7.48. The quantitative estimate of drug-likeness (QED) is 0.782. The van der Waals surface area contributed by atoms with Gasteiger partial charge in [-0.15, -0.1) is 10.2 Å². The van der Waals surface area contributed by atoms with Crippen LogP contribution in [0.2, 0.25) is 0 Å². The molecular formula is C18H24N4OS. The molecule has 0 saturated carbocycles. The number of carbonyl (C=O) groups is 1. The fourth-order valence-electron chi connectivity index (χ4n) is 3.08. The van der Waals surface area contributed by atoms with Gasteiger partial charge in [-0.05, 0) is 18.8 Å².